The van der Waals surface area contributed by atoms with Crippen molar-refractivity contribution < 1.29 is 8.78 Å². The molecule has 0 amide bonds. The zero-order valence-electron chi connectivity index (χ0n) is 9.71. The van der Waals surface area contributed by atoms with Crippen LogP contribution in [0.15, 0.2) is 28.1 Å². The molecule has 0 aliphatic rings. The average molecular weight is 343 g/mol. The van der Waals surface area contributed by atoms with Crippen molar-refractivity contribution in [2.24, 2.45) is 0 Å². The lowest BCUT2D eigenvalue weighted by Crippen LogP contribution is -2.14. The summed E-state index contributed by atoms with van der Waals surface area (Å²) in [5.74, 6) is -1.40. The van der Waals surface area contributed by atoms with Crippen molar-refractivity contribution in [1.29, 1.82) is 5.26 Å². The van der Waals surface area contributed by atoms with E-state index in [1.807, 2.05) is 11.4 Å². The van der Waals surface area contributed by atoms with Gasteiger partial charge in [0.1, 0.15) is 11.6 Å². The number of nitriles is 1. The van der Waals surface area contributed by atoms with Gasteiger partial charge in [0.2, 0.25) is 0 Å². The lowest BCUT2D eigenvalue weighted by Gasteiger charge is -2.07. The Kier molecular flexibility index (Phi) is 4.64. The van der Waals surface area contributed by atoms with E-state index in [0.717, 1.165) is 21.5 Å². The van der Waals surface area contributed by atoms with Crippen molar-refractivity contribution in [3.63, 3.8) is 0 Å². The van der Waals surface area contributed by atoms with Crippen molar-refractivity contribution in [3.05, 3.63) is 55.7 Å². The molecule has 98 valence electrons. The van der Waals surface area contributed by atoms with Crippen molar-refractivity contribution in [1.82, 2.24) is 5.32 Å². The summed E-state index contributed by atoms with van der Waals surface area (Å²) in [6.45, 7) is 0.602. The van der Waals surface area contributed by atoms with Gasteiger partial charge >= 0.3 is 0 Å². The molecule has 1 N–H and O–H groups in total. The largest absolute Gasteiger partial charge is 0.308 e. The Balaban J connectivity index is 2.04. The minimum atomic E-state index is -0.700. The first-order chi connectivity index (χ1) is 9.11. The average Bonchev–Trinajstić information content (AvgIpc) is 2.78. The van der Waals surface area contributed by atoms with Crippen molar-refractivity contribution >= 4 is 27.3 Å². The van der Waals surface area contributed by atoms with Crippen LogP contribution < -0.4 is 5.32 Å². The number of hydrogen-bond donors (Lipinski definition) is 1. The van der Waals surface area contributed by atoms with Crippen LogP contribution in [0.25, 0.3) is 0 Å². The summed E-state index contributed by atoms with van der Waals surface area (Å²) in [7, 11) is 0. The monoisotopic (exact) mass is 342 g/mol. The summed E-state index contributed by atoms with van der Waals surface area (Å²) in [6, 6.07) is 5.72. The van der Waals surface area contributed by atoms with Crippen molar-refractivity contribution in [3.8, 4) is 6.07 Å². The SMILES string of the molecule is N#Cc1cc(F)c(CNCc2sccc2Br)c(F)c1. The predicted molar refractivity (Wildman–Crippen MR) is 73.6 cm³/mol. The molecule has 0 saturated heterocycles. The van der Waals surface area contributed by atoms with Crippen LogP contribution in [0.3, 0.4) is 0 Å². The third-order valence-corrected chi connectivity index (χ3v) is 4.47. The van der Waals surface area contributed by atoms with Gasteiger partial charge in [-0.1, -0.05) is 0 Å². The quantitative estimate of drug-likeness (QED) is 0.913. The molecule has 0 unspecified atom stereocenters. The fraction of sp³-hybridized carbons (Fsp3) is 0.154. The number of halogens is 3. The number of thiophene rings is 1. The molecule has 1 aromatic carbocycles. The van der Waals surface area contributed by atoms with Crippen LogP contribution in [0, 0.1) is 23.0 Å². The summed E-state index contributed by atoms with van der Waals surface area (Å²) < 4.78 is 28.2. The van der Waals surface area contributed by atoms with Crippen LogP contribution in [0.4, 0.5) is 8.78 Å². The van der Waals surface area contributed by atoms with Gasteiger partial charge in [0.15, 0.2) is 0 Å². The lowest BCUT2D eigenvalue weighted by molar-refractivity contribution is 0.535. The van der Waals surface area contributed by atoms with Gasteiger partial charge in [-0.25, -0.2) is 8.78 Å². The Morgan fingerprint density at radius 2 is 1.95 bits per heavy atom. The Bertz CT molecular complexity index is 611. The van der Waals surface area contributed by atoms with E-state index in [-0.39, 0.29) is 17.7 Å². The number of hydrogen-bond acceptors (Lipinski definition) is 3. The van der Waals surface area contributed by atoms with Crippen LogP contribution in [0.2, 0.25) is 0 Å². The lowest BCUT2D eigenvalue weighted by atomic mass is 10.1. The molecule has 2 nitrogen and oxygen atoms in total. The normalized spacial score (nSPS) is 10.4. The van der Waals surface area contributed by atoms with Gasteiger partial charge < -0.3 is 5.32 Å². The first-order valence-corrected chi connectivity index (χ1v) is 7.09. The molecular formula is C13H9BrF2N2S. The van der Waals surface area contributed by atoms with Crippen LogP contribution in [-0.2, 0) is 13.1 Å². The van der Waals surface area contributed by atoms with Crippen LogP contribution in [-0.4, -0.2) is 0 Å². The molecule has 0 atom stereocenters. The van der Waals surface area contributed by atoms with Crippen LogP contribution in [0.1, 0.15) is 16.0 Å². The highest BCUT2D eigenvalue weighted by atomic mass is 79.9. The molecule has 0 aliphatic heterocycles. The van der Waals surface area contributed by atoms with E-state index in [2.05, 4.69) is 21.2 Å². The van der Waals surface area contributed by atoms with Gasteiger partial charge in [-0.15, -0.1) is 11.3 Å². The molecule has 0 fully saturated rings. The Labute approximate surface area is 121 Å². The van der Waals surface area contributed by atoms with Gasteiger partial charge in [-0.3, -0.25) is 0 Å². The number of nitrogens with zero attached hydrogens (tertiary/aromatic N) is 1. The highest BCUT2D eigenvalue weighted by molar-refractivity contribution is 9.10. The number of benzene rings is 1. The van der Waals surface area contributed by atoms with Gasteiger partial charge in [0.05, 0.1) is 11.6 Å². The molecule has 0 radical (unpaired) electrons. The van der Waals surface area contributed by atoms with Gasteiger partial charge in [0.25, 0.3) is 0 Å². The predicted octanol–water partition coefficient (Wildman–Crippen LogP) is 3.95. The van der Waals surface area contributed by atoms with E-state index >= 15 is 0 Å². The third kappa shape index (κ3) is 3.38. The van der Waals surface area contributed by atoms with Crippen LogP contribution in [0.5, 0.6) is 0 Å². The van der Waals surface area contributed by atoms with Gasteiger partial charge in [-0.05, 0) is 39.5 Å². The van der Waals surface area contributed by atoms with E-state index in [9.17, 15) is 8.78 Å². The molecule has 0 aliphatic carbocycles. The zero-order chi connectivity index (χ0) is 13.8. The summed E-state index contributed by atoms with van der Waals surface area (Å²) in [6.07, 6.45) is 0. The molecule has 0 bridgehead atoms. The second kappa shape index (κ2) is 6.24. The second-order valence-corrected chi connectivity index (χ2v) is 5.68. The third-order valence-electron chi connectivity index (χ3n) is 2.55. The summed E-state index contributed by atoms with van der Waals surface area (Å²) in [5, 5.41) is 13.5. The fourth-order valence-corrected chi connectivity index (χ4v) is 3.05. The van der Waals surface area contributed by atoms with Crippen molar-refractivity contribution in [2.45, 2.75) is 13.1 Å². The maximum absolute atomic E-state index is 13.6. The first kappa shape index (κ1) is 14.1. The molecule has 1 aromatic heterocycles. The topological polar surface area (TPSA) is 35.8 Å². The smallest absolute Gasteiger partial charge is 0.131 e. The van der Waals surface area contributed by atoms with Gasteiger partial charge in [-0.2, -0.15) is 5.26 Å². The summed E-state index contributed by atoms with van der Waals surface area (Å²) >= 11 is 4.95. The van der Waals surface area contributed by atoms with Crippen LogP contribution >= 0.6 is 27.3 Å². The molecule has 2 rings (SSSR count). The molecule has 0 saturated carbocycles. The van der Waals surface area contributed by atoms with E-state index in [1.54, 1.807) is 17.4 Å². The van der Waals surface area contributed by atoms with E-state index < -0.39 is 11.6 Å². The molecular weight excluding hydrogens is 334 g/mol. The molecule has 19 heavy (non-hydrogen) atoms. The number of rotatable bonds is 4. The zero-order valence-corrected chi connectivity index (χ0v) is 12.1. The van der Waals surface area contributed by atoms with Crippen molar-refractivity contribution in [2.75, 3.05) is 0 Å². The summed E-state index contributed by atoms with van der Waals surface area (Å²) in [5.41, 5.74) is -0.0635. The second-order valence-electron chi connectivity index (χ2n) is 3.83. The summed E-state index contributed by atoms with van der Waals surface area (Å²) in [4.78, 5) is 1.06. The number of nitrogens with one attached hydrogen (secondary N) is 1. The maximum atomic E-state index is 13.6. The Morgan fingerprint density at radius 1 is 1.26 bits per heavy atom. The highest BCUT2D eigenvalue weighted by Gasteiger charge is 2.11. The molecule has 2 aromatic rings. The standard InChI is InChI=1S/C13H9BrF2N2S/c14-10-1-2-19-13(10)7-18-6-9-11(15)3-8(5-17)4-12(9)16/h1-4,18H,6-7H2. The first-order valence-electron chi connectivity index (χ1n) is 5.42. The van der Waals surface area contributed by atoms with Gasteiger partial charge in [0, 0.05) is 28.0 Å². The van der Waals surface area contributed by atoms with E-state index in [1.165, 1.54) is 0 Å². The minimum absolute atomic E-state index is 0.0141. The van der Waals surface area contributed by atoms with E-state index in [0.29, 0.717) is 6.54 Å². The molecule has 6 heteroatoms. The highest BCUT2D eigenvalue weighted by Crippen LogP contribution is 2.22. The fourth-order valence-electron chi connectivity index (χ4n) is 1.59. The maximum Gasteiger partial charge on any atom is 0.131 e. The van der Waals surface area contributed by atoms with E-state index in [4.69, 9.17) is 5.26 Å². The Hall–Kier alpha value is -1.29. The Morgan fingerprint density at radius 3 is 2.47 bits per heavy atom. The minimum Gasteiger partial charge on any atom is -0.308 e. The molecule has 1 heterocycles. The molecule has 0 spiro atoms.